The van der Waals surface area contributed by atoms with Crippen molar-refractivity contribution in [3.05, 3.63) is 47.3 Å². The van der Waals surface area contributed by atoms with Gasteiger partial charge >= 0.3 is 0 Å². The van der Waals surface area contributed by atoms with Gasteiger partial charge in [-0.25, -0.2) is 9.37 Å². The Kier molecular flexibility index (Phi) is 7.53. The molecule has 1 aromatic carbocycles. The van der Waals surface area contributed by atoms with Gasteiger partial charge < -0.3 is 24.8 Å². The minimum absolute atomic E-state index is 0.0264. The number of carbonyl (C=O) groups is 1. The molecule has 1 amide bonds. The lowest BCUT2D eigenvalue weighted by Crippen LogP contribution is -2.37. The summed E-state index contributed by atoms with van der Waals surface area (Å²) < 4.78 is 22.9. The molecule has 3 aromatic rings. The second-order valence-corrected chi connectivity index (χ2v) is 9.13. The molecule has 10 heteroatoms. The van der Waals surface area contributed by atoms with E-state index in [-0.39, 0.29) is 28.3 Å². The molecule has 0 saturated heterocycles. The number of nitrogens with two attached hydrogens (primary N) is 1. The molecule has 1 fully saturated rings. The van der Waals surface area contributed by atoms with Gasteiger partial charge in [0.25, 0.3) is 5.91 Å². The molecule has 2 N–H and O–H groups in total. The number of carbonyl (C=O) groups excluding carboxylic acids is 1. The van der Waals surface area contributed by atoms with E-state index in [2.05, 4.69) is 14.9 Å². The van der Waals surface area contributed by atoms with Gasteiger partial charge in [0.2, 0.25) is 5.28 Å². The van der Waals surface area contributed by atoms with Crippen molar-refractivity contribution in [2.45, 2.75) is 31.7 Å². The second kappa shape index (κ2) is 10.6. The average molecular weight is 489 g/mol. The molecule has 0 atom stereocenters. The Morgan fingerprint density at radius 2 is 1.91 bits per heavy atom. The molecule has 2 aromatic heterocycles. The van der Waals surface area contributed by atoms with Crippen molar-refractivity contribution < 1.29 is 13.9 Å². The Balaban J connectivity index is 1.41. The quantitative estimate of drug-likeness (QED) is 0.361. The number of benzene rings is 1. The summed E-state index contributed by atoms with van der Waals surface area (Å²) in [5.41, 5.74) is 6.80. The second-order valence-electron chi connectivity index (χ2n) is 8.79. The van der Waals surface area contributed by atoms with E-state index in [1.165, 1.54) is 6.20 Å². The molecule has 2 heterocycles. The highest BCUT2D eigenvalue weighted by atomic mass is 35.5. The Morgan fingerprint density at radius 3 is 2.62 bits per heavy atom. The molecule has 1 aliphatic rings. The van der Waals surface area contributed by atoms with Crippen molar-refractivity contribution in [2.75, 3.05) is 46.1 Å². The highest BCUT2D eigenvalue weighted by Gasteiger charge is 2.31. The van der Waals surface area contributed by atoms with Crippen LogP contribution in [0.1, 0.15) is 42.2 Å². The van der Waals surface area contributed by atoms with Crippen LogP contribution in [0.3, 0.4) is 0 Å². The third kappa shape index (κ3) is 5.26. The summed E-state index contributed by atoms with van der Waals surface area (Å²) in [7, 11) is 3.65. The van der Waals surface area contributed by atoms with Crippen molar-refractivity contribution in [3.8, 4) is 5.75 Å². The zero-order chi connectivity index (χ0) is 24.2. The lowest BCUT2D eigenvalue weighted by Gasteiger charge is -2.24. The fraction of sp³-hybridized carbons (Fsp3) is 0.458. The molecule has 4 rings (SSSR count). The molecule has 0 radical (unpaired) electrons. The van der Waals surface area contributed by atoms with Crippen LogP contribution in [0.2, 0.25) is 5.28 Å². The van der Waals surface area contributed by atoms with Crippen LogP contribution in [-0.4, -0.2) is 70.6 Å². The summed E-state index contributed by atoms with van der Waals surface area (Å²) in [5.74, 6) is -0.195. The zero-order valence-electron chi connectivity index (χ0n) is 19.5. The fourth-order valence-electron chi connectivity index (χ4n) is 4.34. The van der Waals surface area contributed by atoms with Crippen LogP contribution in [0.25, 0.3) is 11.0 Å². The van der Waals surface area contributed by atoms with E-state index < -0.39 is 5.82 Å². The van der Waals surface area contributed by atoms with Gasteiger partial charge in [0.05, 0.1) is 5.39 Å². The number of fused-ring (bicyclic) bond motifs is 1. The molecular formula is C24H30ClFN6O2. The molecule has 8 nitrogen and oxygen atoms in total. The van der Waals surface area contributed by atoms with Gasteiger partial charge in [-0.2, -0.15) is 4.98 Å². The number of hydrogen-bond acceptors (Lipinski definition) is 6. The fourth-order valence-corrected chi connectivity index (χ4v) is 4.47. The summed E-state index contributed by atoms with van der Waals surface area (Å²) >= 11 is 6.00. The number of ether oxygens (including phenoxy) is 1. The minimum Gasteiger partial charge on any atom is -0.492 e. The average Bonchev–Trinajstić information content (AvgIpc) is 3.44. The first-order valence-electron chi connectivity index (χ1n) is 11.5. The van der Waals surface area contributed by atoms with Crippen molar-refractivity contribution in [3.63, 3.8) is 0 Å². The highest BCUT2D eigenvalue weighted by Crippen LogP contribution is 2.36. The van der Waals surface area contributed by atoms with Crippen LogP contribution in [0.5, 0.6) is 5.75 Å². The number of anilines is 1. The number of rotatable bonds is 9. The van der Waals surface area contributed by atoms with Crippen LogP contribution in [0.15, 0.2) is 30.5 Å². The first-order chi connectivity index (χ1) is 16.3. The van der Waals surface area contributed by atoms with Gasteiger partial charge in [-0.05, 0) is 55.8 Å². The molecule has 34 heavy (non-hydrogen) atoms. The van der Waals surface area contributed by atoms with Gasteiger partial charge in [-0.15, -0.1) is 0 Å². The van der Waals surface area contributed by atoms with E-state index in [1.807, 2.05) is 19.2 Å². The van der Waals surface area contributed by atoms with Gasteiger partial charge in [0.15, 0.2) is 5.82 Å². The topological polar surface area (TPSA) is 89.5 Å². The van der Waals surface area contributed by atoms with Gasteiger partial charge in [-0.3, -0.25) is 4.79 Å². The predicted molar refractivity (Wildman–Crippen MR) is 131 cm³/mol. The maximum atomic E-state index is 15.4. The molecule has 0 bridgehead atoms. The number of amides is 1. The van der Waals surface area contributed by atoms with E-state index in [0.717, 1.165) is 31.4 Å². The smallest absolute Gasteiger partial charge is 0.273 e. The first-order valence-corrected chi connectivity index (χ1v) is 11.9. The number of nitrogens with zero attached hydrogens (tertiary/aromatic N) is 5. The summed E-state index contributed by atoms with van der Waals surface area (Å²) in [4.78, 5) is 25.2. The number of nitrogen functional groups attached to an aromatic ring is 1. The molecule has 1 saturated carbocycles. The summed E-state index contributed by atoms with van der Waals surface area (Å²) in [6.45, 7) is 2.23. The standard InChI is InChI=1S/C24H30ClFN6O2/c1-30(13-14-34-18-9-7-16(27)8-10-18)11-12-31(2)23(33)21-20(26)19-15-28-24(25)29-22(19)32(21)17-5-3-4-6-17/h7-10,15,17H,3-6,11-14,27H2,1-2H3. The van der Waals surface area contributed by atoms with Crippen LogP contribution in [0.4, 0.5) is 10.1 Å². The van der Waals surface area contributed by atoms with Crippen LogP contribution < -0.4 is 10.5 Å². The van der Waals surface area contributed by atoms with Crippen molar-refractivity contribution in [1.82, 2.24) is 24.3 Å². The van der Waals surface area contributed by atoms with Gasteiger partial charge in [-0.1, -0.05) is 12.8 Å². The van der Waals surface area contributed by atoms with Crippen molar-refractivity contribution >= 4 is 34.2 Å². The van der Waals surface area contributed by atoms with Crippen LogP contribution in [-0.2, 0) is 0 Å². The maximum Gasteiger partial charge on any atom is 0.273 e. The Labute approximate surface area is 203 Å². The zero-order valence-corrected chi connectivity index (χ0v) is 20.3. The minimum atomic E-state index is -0.583. The van der Waals surface area contributed by atoms with E-state index in [1.54, 1.807) is 28.6 Å². The summed E-state index contributed by atoms with van der Waals surface area (Å²) in [5, 5.41) is 0.268. The van der Waals surface area contributed by atoms with Gasteiger partial charge in [0, 0.05) is 44.6 Å². The summed E-state index contributed by atoms with van der Waals surface area (Å²) in [6.07, 6.45) is 5.20. The Hall–Kier alpha value is -2.91. The van der Waals surface area contributed by atoms with E-state index >= 15 is 4.39 Å². The van der Waals surface area contributed by atoms with Crippen molar-refractivity contribution in [2.24, 2.45) is 0 Å². The summed E-state index contributed by atoms with van der Waals surface area (Å²) in [6, 6.07) is 7.28. The number of halogens is 2. The predicted octanol–water partition coefficient (Wildman–Crippen LogP) is 4.00. The SMILES string of the molecule is CN(CCOc1ccc(N)cc1)CCN(C)C(=O)c1c(F)c2cnc(Cl)nc2n1C1CCCC1. The third-order valence-corrected chi connectivity index (χ3v) is 6.51. The lowest BCUT2D eigenvalue weighted by molar-refractivity contribution is 0.0763. The number of hydrogen-bond donors (Lipinski definition) is 1. The van der Waals surface area contributed by atoms with E-state index in [0.29, 0.717) is 37.6 Å². The molecule has 0 spiro atoms. The highest BCUT2D eigenvalue weighted by molar-refractivity contribution is 6.28. The van der Waals surface area contributed by atoms with Crippen molar-refractivity contribution in [1.29, 1.82) is 0 Å². The lowest BCUT2D eigenvalue weighted by atomic mass is 10.2. The molecule has 0 aliphatic heterocycles. The van der Waals surface area contributed by atoms with Gasteiger partial charge in [0.1, 0.15) is 23.7 Å². The number of aromatic nitrogens is 3. The first kappa shape index (κ1) is 24.2. The van der Waals surface area contributed by atoms with E-state index in [4.69, 9.17) is 22.1 Å². The number of likely N-dealkylation sites (N-methyl/N-ethyl adjacent to an activating group) is 2. The third-order valence-electron chi connectivity index (χ3n) is 6.33. The Bertz CT molecular complexity index is 1150. The molecule has 0 unspecified atom stereocenters. The van der Waals surface area contributed by atoms with Crippen LogP contribution >= 0.6 is 11.6 Å². The molecule has 182 valence electrons. The monoisotopic (exact) mass is 488 g/mol. The molecule has 1 aliphatic carbocycles. The normalized spacial score (nSPS) is 14.3. The Morgan fingerprint density at radius 1 is 1.21 bits per heavy atom. The maximum absolute atomic E-state index is 15.4. The largest absolute Gasteiger partial charge is 0.492 e. The molecular weight excluding hydrogens is 459 g/mol. The van der Waals surface area contributed by atoms with E-state index in [9.17, 15) is 4.79 Å². The van der Waals surface area contributed by atoms with Crippen LogP contribution in [0, 0.1) is 5.82 Å².